The maximum absolute atomic E-state index is 12.0. The van der Waals surface area contributed by atoms with Crippen LogP contribution in [0.2, 0.25) is 0 Å². The summed E-state index contributed by atoms with van der Waals surface area (Å²) in [6, 6.07) is 16.7. The molecule has 3 nitrogen and oxygen atoms in total. The lowest BCUT2D eigenvalue weighted by molar-refractivity contribution is 0.596. The van der Waals surface area contributed by atoms with Crippen LogP contribution in [-0.2, 0) is 16.6 Å². The highest BCUT2D eigenvalue weighted by molar-refractivity contribution is 9.10. The predicted octanol–water partition coefficient (Wildman–Crippen LogP) is 3.42. The molecule has 0 heterocycles. The number of nitrogens with zero attached hydrogens (tertiary/aromatic N) is 1. The van der Waals surface area contributed by atoms with E-state index in [4.69, 9.17) is 0 Å². The molecule has 2 aromatic rings. The fourth-order valence-electron chi connectivity index (χ4n) is 1.78. The molecule has 0 saturated heterocycles. The summed E-state index contributed by atoms with van der Waals surface area (Å²) in [6.45, 7) is 0.310. The number of halogens is 1. The SMILES string of the molecule is CS(=O)(=O)N(Cc1ccccc1Br)c1ccccc1. The summed E-state index contributed by atoms with van der Waals surface area (Å²) in [7, 11) is -3.32. The minimum Gasteiger partial charge on any atom is -0.266 e. The average Bonchev–Trinajstić information content (AvgIpc) is 2.37. The van der Waals surface area contributed by atoms with Gasteiger partial charge in [-0.05, 0) is 23.8 Å². The van der Waals surface area contributed by atoms with Gasteiger partial charge in [-0.25, -0.2) is 8.42 Å². The number of sulfonamides is 1. The van der Waals surface area contributed by atoms with Crippen LogP contribution in [0.3, 0.4) is 0 Å². The molecule has 0 aromatic heterocycles. The number of hydrogen-bond donors (Lipinski definition) is 0. The average molecular weight is 340 g/mol. The van der Waals surface area contributed by atoms with Crippen molar-refractivity contribution in [3.63, 3.8) is 0 Å². The first-order chi connectivity index (χ1) is 8.98. The first-order valence-corrected chi connectivity index (χ1v) is 8.39. The third kappa shape index (κ3) is 3.58. The predicted molar refractivity (Wildman–Crippen MR) is 81.6 cm³/mol. The molecule has 0 bridgehead atoms. The second kappa shape index (κ2) is 5.75. The molecule has 0 radical (unpaired) electrons. The summed E-state index contributed by atoms with van der Waals surface area (Å²) in [6.07, 6.45) is 1.22. The molecule has 100 valence electrons. The lowest BCUT2D eigenvalue weighted by Gasteiger charge is -2.23. The van der Waals surface area contributed by atoms with Crippen molar-refractivity contribution < 1.29 is 8.42 Å². The van der Waals surface area contributed by atoms with Gasteiger partial charge in [-0.15, -0.1) is 0 Å². The number of para-hydroxylation sites is 1. The minimum atomic E-state index is -3.32. The van der Waals surface area contributed by atoms with E-state index in [2.05, 4.69) is 15.9 Å². The van der Waals surface area contributed by atoms with Gasteiger partial charge in [0.25, 0.3) is 0 Å². The van der Waals surface area contributed by atoms with E-state index in [1.807, 2.05) is 42.5 Å². The van der Waals surface area contributed by atoms with Crippen LogP contribution in [0.15, 0.2) is 59.1 Å². The molecule has 0 unspecified atom stereocenters. The number of rotatable bonds is 4. The molecule has 0 aliphatic rings. The third-order valence-corrected chi connectivity index (χ3v) is 4.63. The second-order valence-electron chi connectivity index (χ2n) is 4.20. The minimum absolute atomic E-state index is 0.310. The Labute approximate surface area is 122 Å². The normalized spacial score (nSPS) is 11.3. The van der Waals surface area contributed by atoms with Crippen LogP contribution in [0.1, 0.15) is 5.56 Å². The largest absolute Gasteiger partial charge is 0.266 e. The maximum Gasteiger partial charge on any atom is 0.232 e. The van der Waals surface area contributed by atoms with Crippen molar-refractivity contribution in [3.8, 4) is 0 Å². The van der Waals surface area contributed by atoms with Crippen LogP contribution in [0.4, 0.5) is 5.69 Å². The Kier molecular flexibility index (Phi) is 4.27. The monoisotopic (exact) mass is 339 g/mol. The molecule has 0 aliphatic heterocycles. The van der Waals surface area contributed by atoms with E-state index in [0.717, 1.165) is 10.0 Å². The molecular formula is C14H14BrNO2S. The zero-order valence-corrected chi connectivity index (χ0v) is 12.9. The van der Waals surface area contributed by atoms with Crippen LogP contribution in [0.5, 0.6) is 0 Å². The standard InChI is InChI=1S/C14H14BrNO2S/c1-19(17,18)16(13-8-3-2-4-9-13)11-12-7-5-6-10-14(12)15/h2-10H,11H2,1H3. The fourth-order valence-corrected chi connectivity index (χ4v) is 3.06. The number of hydrogen-bond acceptors (Lipinski definition) is 2. The molecule has 19 heavy (non-hydrogen) atoms. The van der Waals surface area contributed by atoms with Gasteiger partial charge in [0.2, 0.25) is 10.0 Å². The van der Waals surface area contributed by atoms with E-state index >= 15 is 0 Å². The molecule has 0 aliphatic carbocycles. The van der Waals surface area contributed by atoms with E-state index in [1.54, 1.807) is 12.1 Å². The van der Waals surface area contributed by atoms with E-state index in [9.17, 15) is 8.42 Å². The van der Waals surface area contributed by atoms with Crippen LogP contribution in [0, 0.1) is 0 Å². The molecule has 0 fully saturated rings. The van der Waals surface area contributed by atoms with Crippen LogP contribution in [-0.4, -0.2) is 14.7 Å². The van der Waals surface area contributed by atoms with Crippen molar-refractivity contribution in [2.45, 2.75) is 6.54 Å². The Morgan fingerprint density at radius 2 is 1.58 bits per heavy atom. The Morgan fingerprint density at radius 1 is 1.00 bits per heavy atom. The van der Waals surface area contributed by atoms with Gasteiger partial charge >= 0.3 is 0 Å². The quantitative estimate of drug-likeness (QED) is 0.855. The van der Waals surface area contributed by atoms with Gasteiger partial charge in [-0.2, -0.15) is 0 Å². The summed E-state index contributed by atoms with van der Waals surface area (Å²) in [5.74, 6) is 0. The first-order valence-electron chi connectivity index (χ1n) is 5.74. The summed E-state index contributed by atoms with van der Waals surface area (Å²) in [4.78, 5) is 0. The molecule has 0 amide bonds. The van der Waals surface area contributed by atoms with Gasteiger partial charge in [0.1, 0.15) is 0 Å². The van der Waals surface area contributed by atoms with Gasteiger partial charge in [0.15, 0.2) is 0 Å². The molecular weight excluding hydrogens is 326 g/mol. The second-order valence-corrected chi connectivity index (χ2v) is 6.96. The zero-order chi connectivity index (χ0) is 13.9. The van der Waals surface area contributed by atoms with Crippen molar-refractivity contribution in [1.29, 1.82) is 0 Å². The number of benzene rings is 2. The Morgan fingerprint density at radius 3 is 2.16 bits per heavy atom. The summed E-state index contributed by atoms with van der Waals surface area (Å²) >= 11 is 3.44. The Bertz CT molecular complexity index is 656. The smallest absolute Gasteiger partial charge is 0.232 e. The van der Waals surface area contributed by atoms with Gasteiger partial charge in [-0.3, -0.25) is 4.31 Å². The van der Waals surface area contributed by atoms with Crippen LogP contribution >= 0.6 is 15.9 Å². The summed E-state index contributed by atoms with van der Waals surface area (Å²) in [5.41, 5.74) is 1.59. The molecule has 0 N–H and O–H groups in total. The van der Waals surface area contributed by atoms with E-state index in [0.29, 0.717) is 12.2 Å². The van der Waals surface area contributed by atoms with Crippen molar-refractivity contribution in [2.75, 3.05) is 10.6 Å². The van der Waals surface area contributed by atoms with Crippen LogP contribution in [0.25, 0.3) is 0 Å². The highest BCUT2D eigenvalue weighted by Crippen LogP contribution is 2.23. The van der Waals surface area contributed by atoms with Crippen LogP contribution < -0.4 is 4.31 Å². The van der Waals surface area contributed by atoms with Gasteiger partial charge in [-0.1, -0.05) is 52.3 Å². The lowest BCUT2D eigenvalue weighted by atomic mass is 10.2. The molecule has 0 spiro atoms. The van der Waals surface area contributed by atoms with E-state index in [-0.39, 0.29) is 0 Å². The Balaban J connectivity index is 2.39. The van der Waals surface area contributed by atoms with Gasteiger partial charge in [0.05, 0.1) is 18.5 Å². The first kappa shape index (κ1) is 14.1. The summed E-state index contributed by atoms with van der Waals surface area (Å²) < 4.78 is 26.2. The Hall–Kier alpha value is -1.33. The number of anilines is 1. The fraction of sp³-hybridized carbons (Fsp3) is 0.143. The van der Waals surface area contributed by atoms with Gasteiger partial charge < -0.3 is 0 Å². The highest BCUT2D eigenvalue weighted by Gasteiger charge is 2.18. The van der Waals surface area contributed by atoms with E-state index < -0.39 is 10.0 Å². The zero-order valence-electron chi connectivity index (χ0n) is 10.5. The van der Waals surface area contributed by atoms with Crippen molar-refractivity contribution >= 4 is 31.6 Å². The van der Waals surface area contributed by atoms with Crippen molar-refractivity contribution in [3.05, 3.63) is 64.6 Å². The third-order valence-electron chi connectivity index (χ3n) is 2.72. The van der Waals surface area contributed by atoms with E-state index in [1.165, 1.54) is 10.6 Å². The molecule has 0 atom stereocenters. The molecule has 2 aromatic carbocycles. The van der Waals surface area contributed by atoms with Crippen molar-refractivity contribution in [1.82, 2.24) is 0 Å². The molecule has 5 heteroatoms. The van der Waals surface area contributed by atoms with Crippen molar-refractivity contribution in [2.24, 2.45) is 0 Å². The maximum atomic E-state index is 12.0. The molecule has 2 rings (SSSR count). The summed E-state index contributed by atoms with van der Waals surface area (Å²) in [5, 5.41) is 0. The lowest BCUT2D eigenvalue weighted by Crippen LogP contribution is -2.29. The van der Waals surface area contributed by atoms with Gasteiger partial charge in [0, 0.05) is 4.47 Å². The topological polar surface area (TPSA) is 37.4 Å². The highest BCUT2D eigenvalue weighted by atomic mass is 79.9. The molecule has 0 saturated carbocycles.